The summed E-state index contributed by atoms with van der Waals surface area (Å²) in [6.07, 6.45) is 7.93. The molecule has 1 N–H and O–H groups in total. The summed E-state index contributed by atoms with van der Waals surface area (Å²) in [7, 11) is 0. The van der Waals surface area contributed by atoms with Crippen LogP contribution in [0.1, 0.15) is 69.3 Å². The van der Waals surface area contributed by atoms with Gasteiger partial charge in [0.1, 0.15) is 0 Å². The highest BCUT2D eigenvalue weighted by molar-refractivity contribution is 5.24. The van der Waals surface area contributed by atoms with Gasteiger partial charge in [-0.1, -0.05) is 33.1 Å². The molecule has 20 heavy (non-hydrogen) atoms. The van der Waals surface area contributed by atoms with Crippen LogP contribution in [0.2, 0.25) is 0 Å². The molecule has 2 rings (SSSR count). The number of nitrogens with one attached hydrogen (secondary N) is 1. The van der Waals surface area contributed by atoms with Crippen molar-refractivity contribution in [1.29, 1.82) is 0 Å². The van der Waals surface area contributed by atoms with E-state index in [1.165, 1.54) is 55.5 Å². The van der Waals surface area contributed by atoms with Gasteiger partial charge in [0.15, 0.2) is 0 Å². The van der Waals surface area contributed by atoms with E-state index in [-0.39, 0.29) is 0 Å². The van der Waals surface area contributed by atoms with Gasteiger partial charge in [-0.05, 0) is 39.0 Å². The smallest absolute Gasteiger partial charge is 0.0641 e. The molecule has 0 spiro atoms. The Morgan fingerprint density at radius 1 is 1.30 bits per heavy atom. The Morgan fingerprint density at radius 3 is 2.65 bits per heavy atom. The minimum Gasteiger partial charge on any atom is -0.310 e. The maximum Gasteiger partial charge on any atom is 0.0641 e. The van der Waals surface area contributed by atoms with Gasteiger partial charge in [-0.25, -0.2) is 0 Å². The molecule has 0 radical (unpaired) electrons. The Hall–Kier alpha value is -0.830. The molecule has 114 valence electrons. The molecule has 1 aliphatic rings. The lowest BCUT2D eigenvalue weighted by atomic mass is 9.99. The van der Waals surface area contributed by atoms with Crippen molar-refractivity contribution in [3.8, 4) is 0 Å². The fourth-order valence-electron chi connectivity index (χ4n) is 2.86. The Bertz CT molecular complexity index is 418. The van der Waals surface area contributed by atoms with E-state index >= 15 is 0 Å². The molecule has 1 unspecified atom stereocenters. The highest BCUT2D eigenvalue weighted by atomic mass is 15.3. The Balaban J connectivity index is 1.97. The van der Waals surface area contributed by atoms with E-state index in [2.05, 4.69) is 37.7 Å². The zero-order valence-electron chi connectivity index (χ0n) is 13.7. The van der Waals surface area contributed by atoms with Gasteiger partial charge in [-0.15, -0.1) is 0 Å². The van der Waals surface area contributed by atoms with Gasteiger partial charge >= 0.3 is 0 Å². The predicted octanol–water partition coefficient (Wildman–Crippen LogP) is 3.97. The van der Waals surface area contributed by atoms with E-state index < -0.39 is 0 Å². The van der Waals surface area contributed by atoms with Gasteiger partial charge in [-0.3, -0.25) is 4.68 Å². The summed E-state index contributed by atoms with van der Waals surface area (Å²) in [5.41, 5.74) is 3.99. The number of hydrogen-bond donors (Lipinski definition) is 1. The van der Waals surface area contributed by atoms with Crippen LogP contribution in [-0.4, -0.2) is 15.8 Å². The summed E-state index contributed by atoms with van der Waals surface area (Å²) < 4.78 is 2.25. The van der Waals surface area contributed by atoms with Crippen molar-refractivity contribution in [1.82, 2.24) is 15.1 Å². The summed E-state index contributed by atoms with van der Waals surface area (Å²) >= 11 is 0. The molecule has 0 bridgehead atoms. The van der Waals surface area contributed by atoms with Crippen molar-refractivity contribution in [2.45, 2.75) is 85.4 Å². The van der Waals surface area contributed by atoms with Crippen LogP contribution in [0.4, 0.5) is 0 Å². The van der Waals surface area contributed by atoms with Gasteiger partial charge < -0.3 is 5.32 Å². The average Bonchev–Trinajstić information content (AvgIpc) is 3.22. The third-order valence-electron chi connectivity index (χ3n) is 4.65. The summed E-state index contributed by atoms with van der Waals surface area (Å²) in [5, 5.41) is 8.40. The van der Waals surface area contributed by atoms with E-state index in [0.29, 0.717) is 0 Å². The number of unbranched alkanes of at least 4 members (excludes halogenated alkanes) is 1. The quantitative estimate of drug-likeness (QED) is 0.740. The zero-order valence-corrected chi connectivity index (χ0v) is 13.7. The zero-order chi connectivity index (χ0) is 14.5. The van der Waals surface area contributed by atoms with E-state index in [9.17, 15) is 0 Å². The summed E-state index contributed by atoms with van der Waals surface area (Å²) in [4.78, 5) is 0. The van der Waals surface area contributed by atoms with Crippen molar-refractivity contribution in [3.05, 3.63) is 17.0 Å². The molecular weight excluding hydrogens is 246 g/mol. The number of aryl methyl sites for hydroxylation is 1. The maximum absolute atomic E-state index is 4.78. The van der Waals surface area contributed by atoms with Gasteiger partial charge in [0.2, 0.25) is 0 Å². The molecule has 0 aliphatic heterocycles. The van der Waals surface area contributed by atoms with Crippen LogP contribution in [0.25, 0.3) is 0 Å². The van der Waals surface area contributed by atoms with E-state index in [4.69, 9.17) is 5.10 Å². The summed E-state index contributed by atoms with van der Waals surface area (Å²) in [6, 6.07) is 0.769. The van der Waals surface area contributed by atoms with Gasteiger partial charge in [0.25, 0.3) is 0 Å². The van der Waals surface area contributed by atoms with E-state index in [0.717, 1.165) is 25.0 Å². The second-order valence-electron chi connectivity index (χ2n) is 6.40. The van der Waals surface area contributed by atoms with Crippen LogP contribution < -0.4 is 5.32 Å². The normalized spacial score (nSPS) is 16.6. The number of nitrogens with zero attached hydrogens (tertiary/aromatic N) is 2. The Morgan fingerprint density at radius 2 is 2.05 bits per heavy atom. The van der Waals surface area contributed by atoms with E-state index in [1.54, 1.807) is 0 Å². The van der Waals surface area contributed by atoms with Crippen LogP contribution in [0.3, 0.4) is 0 Å². The lowest BCUT2D eigenvalue weighted by molar-refractivity contribution is 0.367. The fraction of sp³-hybridized carbons (Fsp3) is 0.824. The number of rotatable bonds is 9. The maximum atomic E-state index is 4.78. The predicted molar refractivity (Wildman–Crippen MR) is 84.9 cm³/mol. The molecule has 1 aliphatic carbocycles. The summed E-state index contributed by atoms with van der Waals surface area (Å²) in [6.45, 7) is 11.1. The van der Waals surface area contributed by atoms with Crippen molar-refractivity contribution in [2.24, 2.45) is 5.92 Å². The standard InChI is InChI=1S/C17H31N3/c1-5-7-8-15(6-2)12-20-14(4)17(13(3)19-20)11-18-16-9-10-16/h15-16,18H,5-12H2,1-4H3. The lowest BCUT2D eigenvalue weighted by Crippen LogP contribution is -2.17. The molecule has 3 heteroatoms. The van der Waals surface area contributed by atoms with Crippen LogP contribution in [0.5, 0.6) is 0 Å². The minimum atomic E-state index is 0.769. The van der Waals surface area contributed by atoms with Gasteiger partial charge in [0.05, 0.1) is 5.69 Å². The Kier molecular flexibility index (Phi) is 5.64. The SMILES string of the molecule is CCCCC(CC)Cn1nc(C)c(CNC2CC2)c1C. The highest BCUT2D eigenvalue weighted by Crippen LogP contribution is 2.22. The monoisotopic (exact) mass is 277 g/mol. The first-order valence-corrected chi connectivity index (χ1v) is 8.41. The minimum absolute atomic E-state index is 0.769. The molecule has 0 saturated heterocycles. The molecule has 0 amide bonds. The molecule has 1 atom stereocenters. The van der Waals surface area contributed by atoms with Crippen LogP contribution >= 0.6 is 0 Å². The van der Waals surface area contributed by atoms with Crippen LogP contribution in [0, 0.1) is 19.8 Å². The third kappa shape index (κ3) is 4.08. The number of aromatic nitrogens is 2. The molecule has 1 fully saturated rings. The first kappa shape index (κ1) is 15.6. The highest BCUT2D eigenvalue weighted by Gasteiger charge is 2.22. The molecule has 1 saturated carbocycles. The van der Waals surface area contributed by atoms with Crippen molar-refractivity contribution in [3.63, 3.8) is 0 Å². The molecular formula is C17H31N3. The largest absolute Gasteiger partial charge is 0.310 e. The van der Waals surface area contributed by atoms with Crippen molar-refractivity contribution >= 4 is 0 Å². The number of hydrogen-bond acceptors (Lipinski definition) is 2. The molecule has 3 nitrogen and oxygen atoms in total. The molecule has 1 heterocycles. The van der Waals surface area contributed by atoms with Crippen LogP contribution in [-0.2, 0) is 13.1 Å². The third-order valence-corrected chi connectivity index (χ3v) is 4.65. The fourth-order valence-corrected chi connectivity index (χ4v) is 2.86. The van der Waals surface area contributed by atoms with Crippen molar-refractivity contribution < 1.29 is 0 Å². The molecule has 1 aromatic rings. The van der Waals surface area contributed by atoms with Gasteiger partial charge in [0, 0.05) is 30.4 Å². The first-order valence-electron chi connectivity index (χ1n) is 8.41. The van der Waals surface area contributed by atoms with Crippen molar-refractivity contribution in [2.75, 3.05) is 0 Å². The first-order chi connectivity index (χ1) is 9.65. The Labute approximate surface area is 124 Å². The molecule has 1 aromatic heterocycles. The average molecular weight is 277 g/mol. The topological polar surface area (TPSA) is 29.9 Å². The second-order valence-corrected chi connectivity index (χ2v) is 6.40. The van der Waals surface area contributed by atoms with Gasteiger partial charge in [-0.2, -0.15) is 5.10 Å². The van der Waals surface area contributed by atoms with Crippen LogP contribution in [0.15, 0.2) is 0 Å². The lowest BCUT2D eigenvalue weighted by Gasteiger charge is -2.15. The summed E-state index contributed by atoms with van der Waals surface area (Å²) in [5.74, 6) is 0.775. The van der Waals surface area contributed by atoms with E-state index in [1.807, 2.05) is 0 Å². The second kappa shape index (κ2) is 7.26. The molecule has 0 aromatic carbocycles.